The summed E-state index contributed by atoms with van der Waals surface area (Å²) in [6, 6.07) is 10.8. The number of aryl methyl sites for hydroxylation is 1. The van der Waals surface area contributed by atoms with E-state index in [1.54, 1.807) is 24.3 Å². The van der Waals surface area contributed by atoms with Crippen LogP contribution in [0.2, 0.25) is 10.0 Å². The quantitative estimate of drug-likeness (QED) is 0.373. The third-order valence-electron chi connectivity index (χ3n) is 7.64. The number of nitrogens with two attached hydrogens (primary N) is 1. The first-order valence-electron chi connectivity index (χ1n) is 12.0. The summed E-state index contributed by atoms with van der Waals surface area (Å²) in [6.07, 6.45) is 3.41. The van der Waals surface area contributed by atoms with Crippen molar-refractivity contribution in [1.82, 2.24) is 15.3 Å². The molecule has 5 rings (SSSR count). The number of nitrogens with one attached hydrogen (secondary N) is 2. The van der Waals surface area contributed by atoms with E-state index in [2.05, 4.69) is 10.0 Å². The van der Waals surface area contributed by atoms with Crippen molar-refractivity contribution in [2.24, 2.45) is 11.1 Å². The predicted octanol–water partition coefficient (Wildman–Crippen LogP) is 3.75. The van der Waals surface area contributed by atoms with E-state index < -0.39 is 15.6 Å². The van der Waals surface area contributed by atoms with E-state index >= 15 is 0 Å². The van der Waals surface area contributed by atoms with Gasteiger partial charge in [0.2, 0.25) is 10.0 Å². The third-order valence-corrected chi connectivity index (χ3v) is 9.06. The van der Waals surface area contributed by atoms with Gasteiger partial charge in [0.25, 0.3) is 0 Å². The molecule has 0 saturated carbocycles. The Labute approximate surface area is 226 Å². The predicted molar refractivity (Wildman–Crippen MR) is 146 cm³/mol. The number of aliphatic hydroxyl groups excluding tert-OH is 1. The highest BCUT2D eigenvalue weighted by Crippen LogP contribution is 2.57. The largest absolute Gasteiger partial charge is 0.390 e. The van der Waals surface area contributed by atoms with Crippen molar-refractivity contribution < 1.29 is 13.5 Å². The maximum Gasteiger partial charge on any atom is 0.229 e. The summed E-state index contributed by atoms with van der Waals surface area (Å²) in [7, 11) is -3.49. The molecule has 0 unspecified atom stereocenters. The zero-order valence-electron chi connectivity index (χ0n) is 20.6. The molecule has 2 aliphatic rings. The van der Waals surface area contributed by atoms with Crippen LogP contribution in [0.5, 0.6) is 0 Å². The normalized spacial score (nSPS) is 20.7. The standard InChI is InChI=1S/C26H29Cl2N5O3S/c1-15-23(18-4-3-5-20(27)22(18)28)32-21(14-34)24(31-15)26(29)19-12-17(33-37(2,35)36)7-6-16(19)13-25(26)8-10-30-11-9-25/h3-7,12,30,33-34H,8-11,13-14,29H2,1-2H3/t26-/m0/s1. The molecule has 5 N–H and O–H groups in total. The number of aliphatic hydroxyl groups is 1. The Balaban J connectivity index is 1.74. The number of hydrogen-bond donors (Lipinski definition) is 4. The summed E-state index contributed by atoms with van der Waals surface area (Å²) in [6.45, 7) is 3.04. The first kappa shape index (κ1) is 26.3. The molecule has 11 heteroatoms. The number of rotatable bonds is 5. The summed E-state index contributed by atoms with van der Waals surface area (Å²) >= 11 is 12.8. The van der Waals surface area contributed by atoms with Gasteiger partial charge in [-0.1, -0.05) is 41.4 Å². The van der Waals surface area contributed by atoms with Crippen LogP contribution in [0.3, 0.4) is 0 Å². The molecule has 3 aromatic rings. The number of benzene rings is 2. The average Bonchev–Trinajstić information content (AvgIpc) is 3.08. The van der Waals surface area contributed by atoms with Gasteiger partial charge in [0.15, 0.2) is 0 Å². The monoisotopic (exact) mass is 561 g/mol. The van der Waals surface area contributed by atoms with Gasteiger partial charge >= 0.3 is 0 Å². The molecule has 0 bridgehead atoms. The Kier molecular flexibility index (Phi) is 6.75. The van der Waals surface area contributed by atoms with Crippen LogP contribution in [0.25, 0.3) is 11.3 Å². The molecule has 37 heavy (non-hydrogen) atoms. The molecule has 8 nitrogen and oxygen atoms in total. The summed E-state index contributed by atoms with van der Waals surface area (Å²) in [5, 5.41) is 14.7. The van der Waals surface area contributed by atoms with E-state index in [-0.39, 0.29) is 12.0 Å². The van der Waals surface area contributed by atoms with Crippen LogP contribution in [-0.4, -0.2) is 42.8 Å². The van der Waals surface area contributed by atoms with Crippen molar-refractivity contribution in [3.05, 3.63) is 74.7 Å². The first-order valence-corrected chi connectivity index (χ1v) is 14.7. The maximum atomic E-state index is 12.0. The highest BCUT2D eigenvalue weighted by molar-refractivity contribution is 7.92. The molecule has 2 heterocycles. The number of piperidine rings is 1. The van der Waals surface area contributed by atoms with Gasteiger partial charge in [-0.15, -0.1) is 0 Å². The third kappa shape index (κ3) is 4.41. The molecule has 1 aliphatic carbocycles. The van der Waals surface area contributed by atoms with Crippen molar-refractivity contribution in [3.8, 4) is 11.3 Å². The lowest BCUT2D eigenvalue weighted by molar-refractivity contribution is 0.114. The number of sulfonamides is 1. The van der Waals surface area contributed by atoms with Crippen molar-refractivity contribution in [1.29, 1.82) is 0 Å². The van der Waals surface area contributed by atoms with E-state index in [1.807, 2.05) is 19.1 Å². The summed E-state index contributed by atoms with van der Waals surface area (Å²) in [5.41, 5.74) is 10.8. The number of hydrogen-bond acceptors (Lipinski definition) is 7. The van der Waals surface area contributed by atoms with Crippen molar-refractivity contribution in [2.45, 2.75) is 38.3 Å². The van der Waals surface area contributed by atoms with Gasteiger partial charge < -0.3 is 16.2 Å². The van der Waals surface area contributed by atoms with Gasteiger partial charge in [-0.3, -0.25) is 9.71 Å². The second kappa shape index (κ2) is 9.48. The summed E-state index contributed by atoms with van der Waals surface area (Å²) in [5.74, 6) is 0. The Morgan fingerprint density at radius 3 is 2.57 bits per heavy atom. The Morgan fingerprint density at radius 1 is 1.16 bits per heavy atom. The molecule has 196 valence electrons. The fourth-order valence-corrected chi connectivity index (χ4v) is 6.89. The minimum absolute atomic E-state index is 0.353. The number of anilines is 1. The lowest BCUT2D eigenvalue weighted by Gasteiger charge is -2.47. The van der Waals surface area contributed by atoms with Gasteiger partial charge in [-0.05, 0) is 68.6 Å². The molecule has 1 aliphatic heterocycles. The van der Waals surface area contributed by atoms with Gasteiger partial charge in [-0.25, -0.2) is 13.4 Å². The minimum Gasteiger partial charge on any atom is -0.390 e. The van der Waals surface area contributed by atoms with Gasteiger partial charge in [0, 0.05) is 16.7 Å². The minimum atomic E-state index is -3.49. The summed E-state index contributed by atoms with van der Waals surface area (Å²) < 4.78 is 26.5. The van der Waals surface area contributed by atoms with Gasteiger partial charge in [0.1, 0.15) is 0 Å². The van der Waals surface area contributed by atoms with Crippen LogP contribution in [0, 0.1) is 12.3 Å². The molecule has 2 aromatic carbocycles. The molecule has 1 spiro atoms. The Morgan fingerprint density at radius 2 is 1.89 bits per heavy atom. The molecular weight excluding hydrogens is 533 g/mol. The van der Waals surface area contributed by atoms with Crippen LogP contribution in [-0.2, 0) is 28.6 Å². The SMILES string of the molecule is Cc1nc([C@@]2(N)c3cc(NS(C)(=O)=O)ccc3CC23CCNCC3)c(CO)nc1-c1cccc(Cl)c1Cl. The van der Waals surface area contributed by atoms with E-state index in [0.717, 1.165) is 43.3 Å². The van der Waals surface area contributed by atoms with Crippen molar-refractivity contribution in [3.63, 3.8) is 0 Å². The van der Waals surface area contributed by atoms with Crippen LogP contribution in [0.1, 0.15) is 41.1 Å². The molecule has 1 saturated heterocycles. The Hall–Kier alpha value is -2.27. The molecule has 1 fully saturated rings. The zero-order valence-corrected chi connectivity index (χ0v) is 22.9. The highest BCUT2D eigenvalue weighted by atomic mass is 35.5. The van der Waals surface area contributed by atoms with Crippen molar-refractivity contribution in [2.75, 3.05) is 24.1 Å². The van der Waals surface area contributed by atoms with Crippen LogP contribution >= 0.6 is 23.2 Å². The second-order valence-corrected chi connectivity index (χ2v) is 12.5. The zero-order chi connectivity index (χ0) is 26.6. The first-order chi connectivity index (χ1) is 17.5. The fourth-order valence-electron chi connectivity index (χ4n) is 5.94. The Bertz CT molecular complexity index is 1490. The number of fused-ring (bicyclic) bond motifs is 1. The average molecular weight is 563 g/mol. The van der Waals surface area contributed by atoms with E-state index in [0.29, 0.717) is 50.5 Å². The molecule has 0 radical (unpaired) electrons. The second-order valence-electron chi connectivity index (χ2n) is 9.97. The van der Waals surface area contributed by atoms with Crippen molar-refractivity contribution >= 4 is 38.9 Å². The van der Waals surface area contributed by atoms with Gasteiger partial charge in [-0.2, -0.15) is 0 Å². The number of halogens is 2. The molecule has 1 aromatic heterocycles. The molecule has 1 atom stereocenters. The maximum absolute atomic E-state index is 12.0. The number of nitrogens with zero attached hydrogens (tertiary/aromatic N) is 2. The molecular formula is C26H29Cl2N5O3S. The van der Waals surface area contributed by atoms with E-state index in [9.17, 15) is 13.5 Å². The lowest BCUT2D eigenvalue weighted by atomic mass is 9.63. The topological polar surface area (TPSA) is 130 Å². The van der Waals surface area contributed by atoms with Crippen LogP contribution in [0.4, 0.5) is 5.69 Å². The highest BCUT2D eigenvalue weighted by Gasteiger charge is 2.58. The van der Waals surface area contributed by atoms with Crippen LogP contribution in [0.15, 0.2) is 36.4 Å². The smallest absolute Gasteiger partial charge is 0.229 e. The fraction of sp³-hybridized carbons (Fsp3) is 0.385. The van der Waals surface area contributed by atoms with Gasteiger partial charge in [0.05, 0.1) is 51.2 Å². The lowest BCUT2D eigenvalue weighted by Crippen LogP contribution is -2.56. The van der Waals surface area contributed by atoms with E-state index in [1.165, 1.54) is 0 Å². The summed E-state index contributed by atoms with van der Waals surface area (Å²) in [4.78, 5) is 9.81. The van der Waals surface area contributed by atoms with Crippen LogP contribution < -0.4 is 15.8 Å². The van der Waals surface area contributed by atoms with E-state index in [4.69, 9.17) is 38.9 Å². The number of aromatic nitrogens is 2. The molecule has 0 amide bonds.